The maximum Gasteiger partial charge on any atom is 0.329 e. The number of H-pyrrole nitrogens is 1. The van der Waals surface area contributed by atoms with Crippen LogP contribution in [0.4, 0.5) is 0 Å². The van der Waals surface area contributed by atoms with Crippen LogP contribution in [-0.4, -0.2) is 67.1 Å². The van der Waals surface area contributed by atoms with Crippen molar-refractivity contribution in [3.8, 4) is 0 Å². The third kappa shape index (κ3) is 3.20. The Bertz CT molecular complexity index is 731. The summed E-state index contributed by atoms with van der Waals surface area (Å²) >= 11 is 0. The molecular weight excluding hydrogens is 278 g/mol. The fraction of sp³-hybridized carbons (Fsp3) is 0.583. The number of aryl methyl sites for hydroxylation is 1. The first-order valence-corrected chi connectivity index (χ1v) is 6.55. The van der Waals surface area contributed by atoms with Crippen LogP contribution in [0.15, 0.2) is 15.9 Å². The first-order chi connectivity index (χ1) is 9.93. The maximum absolute atomic E-state index is 11.9. The van der Waals surface area contributed by atoms with Crippen molar-refractivity contribution in [1.29, 1.82) is 0 Å². The van der Waals surface area contributed by atoms with E-state index in [0.29, 0.717) is 13.1 Å². The normalized spacial score (nSPS) is 13.2. The van der Waals surface area contributed by atoms with Crippen molar-refractivity contribution in [3.05, 3.63) is 27.2 Å². The van der Waals surface area contributed by atoms with E-state index in [0.717, 1.165) is 0 Å². The van der Waals surface area contributed by atoms with Gasteiger partial charge in [-0.3, -0.25) is 14.3 Å². The molecule has 2 aromatic heterocycles. The van der Waals surface area contributed by atoms with Crippen molar-refractivity contribution in [2.45, 2.75) is 12.6 Å². The number of likely N-dealkylation sites (N-methyl/N-ethyl adjacent to an activating group) is 1. The van der Waals surface area contributed by atoms with E-state index in [1.165, 1.54) is 22.5 Å². The van der Waals surface area contributed by atoms with Crippen LogP contribution in [0.3, 0.4) is 0 Å². The van der Waals surface area contributed by atoms with Gasteiger partial charge in [-0.25, -0.2) is 9.78 Å². The van der Waals surface area contributed by atoms with E-state index in [1.807, 2.05) is 0 Å². The molecule has 0 radical (unpaired) electrons. The molecule has 0 aliphatic heterocycles. The Hall–Kier alpha value is -1.97. The number of aromatic amines is 1. The zero-order chi connectivity index (χ0) is 15.6. The first kappa shape index (κ1) is 15.4. The Labute approximate surface area is 120 Å². The number of nitrogens with zero attached hydrogens (tertiary/aromatic N) is 4. The smallest absolute Gasteiger partial charge is 0.329 e. The van der Waals surface area contributed by atoms with E-state index < -0.39 is 17.4 Å². The van der Waals surface area contributed by atoms with Gasteiger partial charge >= 0.3 is 5.69 Å². The van der Waals surface area contributed by atoms with Gasteiger partial charge in [-0.1, -0.05) is 0 Å². The van der Waals surface area contributed by atoms with Crippen LogP contribution in [0, 0.1) is 0 Å². The third-order valence-electron chi connectivity index (χ3n) is 3.29. The molecule has 0 fully saturated rings. The number of nitrogens with one attached hydrogen (secondary N) is 1. The van der Waals surface area contributed by atoms with E-state index in [-0.39, 0.29) is 24.3 Å². The van der Waals surface area contributed by atoms with E-state index in [1.54, 1.807) is 11.9 Å². The molecular formula is C12H19N5O4. The molecule has 1 unspecified atom stereocenters. The SMILES string of the molecule is CN(CCO)CC(O)Cn1cnc2c1c(=O)[nH]c(=O)n2C. The van der Waals surface area contributed by atoms with Gasteiger partial charge in [0.2, 0.25) is 0 Å². The quantitative estimate of drug-likeness (QED) is 0.552. The summed E-state index contributed by atoms with van der Waals surface area (Å²) in [5.41, 5.74) is -0.525. The van der Waals surface area contributed by atoms with Crippen LogP contribution < -0.4 is 11.2 Å². The Morgan fingerprint density at radius 1 is 1.48 bits per heavy atom. The summed E-state index contributed by atoms with van der Waals surface area (Å²) in [7, 11) is 3.30. The van der Waals surface area contributed by atoms with E-state index >= 15 is 0 Å². The number of hydrogen-bond donors (Lipinski definition) is 3. The van der Waals surface area contributed by atoms with Gasteiger partial charge in [0.15, 0.2) is 11.2 Å². The number of aromatic nitrogens is 4. The molecule has 9 heteroatoms. The predicted molar refractivity (Wildman–Crippen MR) is 76.2 cm³/mol. The Morgan fingerprint density at radius 2 is 2.19 bits per heavy atom. The molecule has 2 aromatic rings. The summed E-state index contributed by atoms with van der Waals surface area (Å²) in [6, 6.07) is 0. The molecule has 0 aliphatic rings. The van der Waals surface area contributed by atoms with Gasteiger partial charge in [0.05, 0.1) is 25.6 Å². The lowest BCUT2D eigenvalue weighted by atomic mass is 10.3. The average molecular weight is 297 g/mol. The molecule has 2 rings (SSSR count). The van der Waals surface area contributed by atoms with Crippen LogP contribution in [0.5, 0.6) is 0 Å². The molecule has 116 valence electrons. The second kappa shape index (κ2) is 6.20. The first-order valence-electron chi connectivity index (χ1n) is 6.55. The minimum atomic E-state index is -0.726. The van der Waals surface area contributed by atoms with Gasteiger partial charge in [0.25, 0.3) is 5.56 Å². The van der Waals surface area contributed by atoms with Crippen LogP contribution >= 0.6 is 0 Å². The molecule has 3 N–H and O–H groups in total. The highest BCUT2D eigenvalue weighted by Gasteiger charge is 2.15. The van der Waals surface area contributed by atoms with Gasteiger partial charge in [-0.05, 0) is 7.05 Å². The summed E-state index contributed by atoms with van der Waals surface area (Å²) in [6.45, 7) is 0.993. The molecule has 21 heavy (non-hydrogen) atoms. The van der Waals surface area contributed by atoms with Gasteiger partial charge in [-0.2, -0.15) is 0 Å². The van der Waals surface area contributed by atoms with Crippen molar-refractivity contribution in [3.63, 3.8) is 0 Å². The fourth-order valence-electron chi connectivity index (χ4n) is 2.23. The summed E-state index contributed by atoms with van der Waals surface area (Å²) < 4.78 is 2.77. The molecule has 0 spiro atoms. The zero-order valence-electron chi connectivity index (χ0n) is 12.0. The molecule has 2 heterocycles. The lowest BCUT2D eigenvalue weighted by Gasteiger charge is -2.19. The van der Waals surface area contributed by atoms with Gasteiger partial charge < -0.3 is 19.7 Å². The molecule has 0 saturated carbocycles. The van der Waals surface area contributed by atoms with Gasteiger partial charge in [0, 0.05) is 20.1 Å². The van der Waals surface area contributed by atoms with Crippen molar-refractivity contribution in [2.75, 3.05) is 26.7 Å². The van der Waals surface area contributed by atoms with E-state index in [9.17, 15) is 14.7 Å². The molecule has 0 saturated heterocycles. The Kier molecular flexibility index (Phi) is 4.56. The second-order valence-electron chi connectivity index (χ2n) is 5.03. The molecule has 0 aromatic carbocycles. The van der Waals surface area contributed by atoms with Gasteiger partial charge in [0.1, 0.15) is 0 Å². The van der Waals surface area contributed by atoms with E-state index in [2.05, 4.69) is 9.97 Å². The van der Waals surface area contributed by atoms with Crippen molar-refractivity contribution in [2.24, 2.45) is 7.05 Å². The van der Waals surface area contributed by atoms with Crippen LogP contribution in [0.25, 0.3) is 11.2 Å². The average Bonchev–Trinajstić information content (AvgIpc) is 2.80. The Balaban J connectivity index is 2.26. The lowest BCUT2D eigenvalue weighted by Crippen LogP contribution is -2.34. The third-order valence-corrected chi connectivity index (χ3v) is 3.29. The summed E-state index contributed by atoms with van der Waals surface area (Å²) in [6.07, 6.45) is 0.699. The summed E-state index contributed by atoms with van der Waals surface area (Å²) in [5, 5.41) is 18.9. The van der Waals surface area contributed by atoms with Crippen LogP contribution in [0.1, 0.15) is 0 Å². The second-order valence-corrected chi connectivity index (χ2v) is 5.03. The van der Waals surface area contributed by atoms with Crippen LogP contribution in [0.2, 0.25) is 0 Å². The topological polar surface area (TPSA) is 116 Å². The highest BCUT2D eigenvalue weighted by molar-refractivity contribution is 5.69. The van der Waals surface area contributed by atoms with E-state index in [4.69, 9.17) is 5.11 Å². The molecule has 0 aliphatic carbocycles. The van der Waals surface area contributed by atoms with Crippen molar-refractivity contribution >= 4 is 11.2 Å². The van der Waals surface area contributed by atoms with Crippen molar-refractivity contribution < 1.29 is 10.2 Å². The highest BCUT2D eigenvalue weighted by Crippen LogP contribution is 2.06. The van der Waals surface area contributed by atoms with Crippen LogP contribution in [-0.2, 0) is 13.6 Å². The Morgan fingerprint density at radius 3 is 2.86 bits per heavy atom. The molecule has 0 amide bonds. The number of aliphatic hydroxyl groups excluding tert-OH is 2. The maximum atomic E-state index is 11.9. The minimum Gasteiger partial charge on any atom is -0.395 e. The zero-order valence-corrected chi connectivity index (χ0v) is 12.0. The summed E-state index contributed by atoms with van der Waals surface area (Å²) in [5.74, 6) is 0. The lowest BCUT2D eigenvalue weighted by molar-refractivity contribution is 0.101. The monoisotopic (exact) mass is 297 g/mol. The molecule has 1 atom stereocenters. The molecule has 9 nitrogen and oxygen atoms in total. The van der Waals surface area contributed by atoms with Gasteiger partial charge in [-0.15, -0.1) is 0 Å². The van der Waals surface area contributed by atoms with Crippen molar-refractivity contribution in [1.82, 2.24) is 24.0 Å². The number of fused-ring (bicyclic) bond motifs is 1. The fourth-order valence-corrected chi connectivity index (χ4v) is 2.23. The standard InChI is InChI=1S/C12H19N5O4/c1-15(3-4-18)5-8(19)6-17-7-13-10-9(17)11(20)14-12(21)16(10)2/h7-8,18-19H,3-6H2,1-2H3,(H,14,20,21). The number of rotatable bonds is 6. The summed E-state index contributed by atoms with van der Waals surface area (Å²) in [4.78, 5) is 31.4. The number of hydrogen-bond acceptors (Lipinski definition) is 6. The number of imidazole rings is 1. The largest absolute Gasteiger partial charge is 0.395 e. The number of aliphatic hydroxyl groups is 2. The predicted octanol–water partition coefficient (Wildman–Crippen LogP) is -2.29. The highest BCUT2D eigenvalue weighted by atomic mass is 16.3. The minimum absolute atomic E-state index is 0.0129. The molecule has 0 bridgehead atoms.